The van der Waals surface area contributed by atoms with E-state index in [0.29, 0.717) is 11.4 Å². The molecule has 0 fully saturated rings. The Morgan fingerprint density at radius 2 is 2.25 bits per heavy atom. The average molecular weight is 163 g/mol. The van der Waals surface area contributed by atoms with Crippen LogP contribution in [0.4, 0.5) is 11.4 Å². The number of rotatable bonds is 2. The summed E-state index contributed by atoms with van der Waals surface area (Å²) >= 11 is 0. The normalized spacial score (nSPS) is 8.75. The number of carbonyl (C=O) groups excluding carboxylic acids is 1. The highest BCUT2D eigenvalue weighted by Gasteiger charge is 2.02. The van der Waals surface area contributed by atoms with Gasteiger partial charge >= 0.3 is 0 Å². The van der Waals surface area contributed by atoms with Crippen LogP contribution in [-0.4, -0.2) is 6.08 Å². The number of aliphatic imine (C=N–C) groups is 1. The molecule has 0 spiro atoms. The van der Waals surface area contributed by atoms with Gasteiger partial charge in [-0.25, -0.2) is 4.79 Å². The zero-order chi connectivity index (χ0) is 8.97. The topological polar surface area (TPSA) is 60.5 Å². The maximum Gasteiger partial charge on any atom is 0.255 e. The van der Waals surface area contributed by atoms with Crippen LogP contribution in [0.1, 0.15) is 5.56 Å². The molecule has 0 radical (unpaired) electrons. The largest absolute Gasteiger partial charge is 0.255 e. The van der Waals surface area contributed by atoms with Gasteiger partial charge in [-0.2, -0.15) is 4.99 Å². The van der Waals surface area contributed by atoms with Crippen LogP contribution < -0.4 is 5.18 Å². The lowest BCUT2D eigenvalue weighted by Crippen LogP contribution is -2.55. The third-order valence-electron chi connectivity index (χ3n) is 1.49. The molecule has 0 saturated heterocycles. The number of isocyanates is 1. The lowest BCUT2D eigenvalue weighted by atomic mass is 10.2. The van der Waals surface area contributed by atoms with E-state index >= 15 is 0 Å². The quantitative estimate of drug-likeness (QED) is 0.508. The summed E-state index contributed by atoms with van der Waals surface area (Å²) in [5, 5.41) is 1.71. The molecule has 0 aliphatic carbocycles. The Hall–Kier alpha value is -1.80. The lowest BCUT2D eigenvalue weighted by molar-refractivity contribution is -0.379. The third-order valence-corrected chi connectivity index (χ3v) is 1.49. The van der Waals surface area contributed by atoms with Gasteiger partial charge in [0.05, 0.1) is 5.69 Å². The van der Waals surface area contributed by atoms with E-state index in [0.717, 1.165) is 5.56 Å². The van der Waals surface area contributed by atoms with Crippen molar-refractivity contribution in [3.8, 4) is 0 Å². The van der Waals surface area contributed by atoms with Crippen LogP contribution in [0.5, 0.6) is 0 Å². The maximum atomic E-state index is 10.2. The number of hydrogen-bond acceptors (Lipinski definition) is 3. The predicted octanol–water partition coefficient (Wildman–Crippen LogP) is 0.441. The summed E-state index contributed by atoms with van der Waals surface area (Å²) < 4.78 is 0. The van der Waals surface area contributed by atoms with E-state index < -0.39 is 0 Å². The van der Waals surface area contributed by atoms with Crippen molar-refractivity contribution < 1.29 is 9.97 Å². The fourth-order valence-electron chi connectivity index (χ4n) is 0.843. The van der Waals surface area contributed by atoms with Crippen LogP contribution in [0.3, 0.4) is 0 Å². The van der Waals surface area contributed by atoms with Crippen LogP contribution in [0.15, 0.2) is 23.2 Å². The molecule has 4 heteroatoms. The van der Waals surface area contributed by atoms with E-state index in [4.69, 9.17) is 0 Å². The molecule has 1 N–H and O–H groups in total. The molecule has 0 saturated carbocycles. The fourth-order valence-corrected chi connectivity index (χ4v) is 0.843. The SMILES string of the molecule is Cc1ccc([NH+]=O)cc1N=C=O. The number of benzene rings is 1. The van der Waals surface area contributed by atoms with Crippen LogP contribution in [-0.2, 0) is 4.79 Å². The van der Waals surface area contributed by atoms with Gasteiger partial charge in [0, 0.05) is 22.2 Å². The molecule has 0 aliphatic heterocycles. The summed E-state index contributed by atoms with van der Waals surface area (Å²) in [4.78, 5) is 23.6. The van der Waals surface area contributed by atoms with E-state index in [9.17, 15) is 9.70 Å². The Balaban J connectivity index is 3.25. The highest BCUT2D eigenvalue weighted by atomic mass is 16.3. The van der Waals surface area contributed by atoms with Crippen LogP contribution >= 0.6 is 0 Å². The molecule has 60 valence electrons. The molecule has 0 bridgehead atoms. The van der Waals surface area contributed by atoms with Gasteiger partial charge in [0.15, 0.2) is 0 Å². The van der Waals surface area contributed by atoms with Crippen LogP contribution in [0.25, 0.3) is 0 Å². The van der Waals surface area contributed by atoms with Gasteiger partial charge in [-0.3, -0.25) is 0 Å². The first-order valence-corrected chi connectivity index (χ1v) is 3.34. The van der Waals surface area contributed by atoms with Crippen molar-refractivity contribution >= 4 is 17.5 Å². The third kappa shape index (κ3) is 1.62. The van der Waals surface area contributed by atoms with E-state index in [1.807, 2.05) is 0 Å². The minimum Gasteiger partial charge on any atom is -0.211 e. The minimum absolute atomic E-state index is 0.384. The van der Waals surface area contributed by atoms with Crippen molar-refractivity contribution in [3.63, 3.8) is 0 Å². The molecule has 1 aromatic carbocycles. The standard InChI is InChI=1S/C8H6N2O2/c1-6-2-3-7(10-12)4-8(6)9-5-11/h2-4H,1H3/p+1. The Morgan fingerprint density at radius 3 is 2.83 bits per heavy atom. The first kappa shape index (κ1) is 8.30. The van der Waals surface area contributed by atoms with E-state index in [1.165, 1.54) is 12.1 Å². The smallest absolute Gasteiger partial charge is 0.211 e. The fraction of sp³-hybridized carbons (Fsp3) is 0.125. The number of nitrogens with zero attached hydrogens (tertiary/aromatic N) is 1. The zero-order valence-electron chi connectivity index (χ0n) is 6.50. The Kier molecular flexibility index (Phi) is 2.46. The zero-order valence-corrected chi connectivity index (χ0v) is 6.50. The van der Waals surface area contributed by atoms with E-state index in [2.05, 4.69) is 4.99 Å². The van der Waals surface area contributed by atoms with Crippen molar-refractivity contribution in [3.05, 3.63) is 28.7 Å². The molecule has 0 aliphatic rings. The van der Waals surface area contributed by atoms with Crippen molar-refractivity contribution in [1.82, 2.24) is 0 Å². The van der Waals surface area contributed by atoms with Crippen molar-refractivity contribution in [2.24, 2.45) is 4.99 Å². The summed E-state index contributed by atoms with van der Waals surface area (Å²) in [6, 6.07) is 4.82. The number of nitrogens with one attached hydrogen (secondary N) is 1. The summed E-state index contributed by atoms with van der Waals surface area (Å²) in [6.45, 7) is 1.80. The van der Waals surface area contributed by atoms with Gasteiger partial charge in [-0.1, -0.05) is 6.07 Å². The minimum atomic E-state index is 0.384. The summed E-state index contributed by atoms with van der Waals surface area (Å²) in [5.41, 5.74) is 1.68. The van der Waals surface area contributed by atoms with E-state index in [1.54, 1.807) is 24.2 Å². The van der Waals surface area contributed by atoms with Crippen molar-refractivity contribution in [1.29, 1.82) is 0 Å². The second-order valence-corrected chi connectivity index (χ2v) is 2.31. The first-order valence-electron chi connectivity index (χ1n) is 3.34. The highest BCUT2D eigenvalue weighted by molar-refractivity contribution is 5.57. The monoisotopic (exact) mass is 163 g/mol. The van der Waals surface area contributed by atoms with Gasteiger partial charge in [0.25, 0.3) is 5.69 Å². The van der Waals surface area contributed by atoms with Crippen LogP contribution in [0, 0.1) is 11.8 Å². The van der Waals surface area contributed by atoms with Gasteiger partial charge < -0.3 is 0 Å². The molecular formula is C8H7N2O2+. The van der Waals surface area contributed by atoms with Gasteiger partial charge in [-0.05, 0) is 12.5 Å². The molecule has 0 unspecified atom stereocenters. The highest BCUT2D eigenvalue weighted by Crippen LogP contribution is 2.19. The van der Waals surface area contributed by atoms with Gasteiger partial charge in [-0.15, -0.1) is 0 Å². The van der Waals surface area contributed by atoms with E-state index in [-0.39, 0.29) is 0 Å². The molecule has 1 aromatic rings. The van der Waals surface area contributed by atoms with Crippen molar-refractivity contribution in [2.45, 2.75) is 6.92 Å². The molecule has 0 heterocycles. The molecular weight excluding hydrogens is 156 g/mol. The number of nitroso groups, excluding NO2 is 1. The average Bonchev–Trinajstić information content (AvgIpc) is 2.09. The maximum absolute atomic E-state index is 10.2. The second-order valence-electron chi connectivity index (χ2n) is 2.31. The molecule has 1 rings (SSSR count). The molecule has 4 nitrogen and oxygen atoms in total. The number of hydrogen-bond donors (Lipinski definition) is 1. The molecule has 12 heavy (non-hydrogen) atoms. The molecule has 0 aromatic heterocycles. The molecule has 0 amide bonds. The Bertz CT molecular complexity index is 354. The second kappa shape index (κ2) is 3.55. The lowest BCUT2D eigenvalue weighted by Gasteiger charge is -1.93. The summed E-state index contributed by atoms with van der Waals surface area (Å²) in [5.74, 6) is 0. The summed E-state index contributed by atoms with van der Waals surface area (Å²) in [7, 11) is 0. The molecule has 0 atom stereocenters. The van der Waals surface area contributed by atoms with Crippen molar-refractivity contribution in [2.75, 3.05) is 0 Å². The van der Waals surface area contributed by atoms with Gasteiger partial charge in [0.2, 0.25) is 6.08 Å². The Labute approximate surface area is 68.9 Å². The summed E-state index contributed by atoms with van der Waals surface area (Å²) in [6.07, 6.45) is 1.42. The number of aryl methyl sites for hydroxylation is 1. The Morgan fingerprint density at radius 1 is 1.50 bits per heavy atom. The van der Waals surface area contributed by atoms with Crippen LogP contribution in [0.2, 0.25) is 0 Å². The van der Waals surface area contributed by atoms with Gasteiger partial charge in [0.1, 0.15) is 0 Å². The first-order chi connectivity index (χ1) is 5.77. The predicted molar refractivity (Wildman–Crippen MR) is 43.0 cm³/mol.